The van der Waals surface area contributed by atoms with E-state index in [1.807, 2.05) is 24.3 Å². The molecule has 1 saturated heterocycles. The Morgan fingerprint density at radius 2 is 2.12 bits per heavy atom. The van der Waals surface area contributed by atoms with E-state index in [1.165, 1.54) is 23.1 Å². The predicted octanol–water partition coefficient (Wildman–Crippen LogP) is 4.81. The van der Waals surface area contributed by atoms with Gasteiger partial charge < -0.3 is 9.42 Å². The van der Waals surface area contributed by atoms with E-state index in [0.29, 0.717) is 16.7 Å². The van der Waals surface area contributed by atoms with Gasteiger partial charge in [-0.3, -0.25) is 4.79 Å². The van der Waals surface area contributed by atoms with Crippen LogP contribution in [0.1, 0.15) is 18.2 Å². The number of halogens is 3. The molecule has 1 atom stereocenters. The Balaban J connectivity index is 1.59. The van der Waals surface area contributed by atoms with Crippen molar-refractivity contribution in [2.24, 2.45) is 0 Å². The Morgan fingerprint density at radius 3 is 2.92 bits per heavy atom. The van der Waals surface area contributed by atoms with Gasteiger partial charge in [0.15, 0.2) is 0 Å². The van der Waals surface area contributed by atoms with E-state index in [4.69, 9.17) is 16.1 Å². The summed E-state index contributed by atoms with van der Waals surface area (Å²) in [5, 5.41) is 4.36. The molecule has 4 rings (SSSR count). The van der Waals surface area contributed by atoms with Crippen molar-refractivity contribution in [1.29, 1.82) is 0 Å². The minimum atomic E-state index is -0.497. The molecule has 0 saturated carbocycles. The Kier molecular flexibility index (Phi) is 4.50. The van der Waals surface area contributed by atoms with Gasteiger partial charge in [0.1, 0.15) is 5.82 Å². The number of aromatic nitrogens is 2. The number of anilines is 1. The second-order valence-corrected chi connectivity index (χ2v) is 7.32. The Morgan fingerprint density at radius 1 is 1.27 bits per heavy atom. The summed E-state index contributed by atoms with van der Waals surface area (Å²) in [6.45, 7) is 0.260. The summed E-state index contributed by atoms with van der Waals surface area (Å²) in [4.78, 5) is 18.1. The van der Waals surface area contributed by atoms with E-state index in [2.05, 4.69) is 26.1 Å². The molecule has 0 bridgehead atoms. The van der Waals surface area contributed by atoms with E-state index in [0.717, 1.165) is 10.0 Å². The van der Waals surface area contributed by atoms with E-state index in [-0.39, 0.29) is 30.5 Å². The molecule has 1 unspecified atom stereocenters. The van der Waals surface area contributed by atoms with Gasteiger partial charge in [0.25, 0.3) is 0 Å². The molecule has 1 amide bonds. The van der Waals surface area contributed by atoms with Crippen LogP contribution in [0.5, 0.6) is 0 Å². The van der Waals surface area contributed by atoms with Gasteiger partial charge in [0.2, 0.25) is 17.6 Å². The highest BCUT2D eigenvalue weighted by Crippen LogP contribution is 2.34. The Hall–Kier alpha value is -2.25. The summed E-state index contributed by atoms with van der Waals surface area (Å²) in [6.07, 6.45) is 0.173. The van der Waals surface area contributed by atoms with Crippen LogP contribution in [0.3, 0.4) is 0 Å². The van der Waals surface area contributed by atoms with Crippen LogP contribution >= 0.6 is 27.5 Å². The lowest BCUT2D eigenvalue weighted by Gasteiger charge is -2.17. The average Bonchev–Trinajstić information content (AvgIpc) is 3.24. The highest BCUT2D eigenvalue weighted by Gasteiger charge is 2.36. The molecule has 0 radical (unpaired) electrons. The van der Waals surface area contributed by atoms with Crippen LogP contribution in [0.2, 0.25) is 5.02 Å². The first-order valence-electron chi connectivity index (χ1n) is 7.86. The quantitative estimate of drug-likeness (QED) is 0.591. The minimum absolute atomic E-state index is 0.164. The van der Waals surface area contributed by atoms with Crippen LogP contribution in [0.25, 0.3) is 11.4 Å². The maximum Gasteiger partial charge on any atom is 0.232 e. The van der Waals surface area contributed by atoms with Crippen LogP contribution < -0.4 is 4.90 Å². The molecule has 132 valence electrons. The molecule has 0 spiro atoms. The van der Waals surface area contributed by atoms with E-state index in [1.54, 1.807) is 0 Å². The number of hydrogen-bond acceptors (Lipinski definition) is 4. The number of rotatable bonds is 3. The van der Waals surface area contributed by atoms with Crippen LogP contribution in [-0.4, -0.2) is 22.6 Å². The summed E-state index contributed by atoms with van der Waals surface area (Å²) < 4.78 is 20.3. The highest BCUT2D eigenvalue weighted by molar-refractivity contribution is 9.10. The van der Waals surface area contributed by atoms with Gasteiger partial charge in [-0.25, -0.2) is 4.39 Å². The van der Waals surface area contributed by atoms with Gasteiger partial charge >= 0.3 is 0 Å². The fourth-order valence-corrected chi connectivity index (χ4v) is 3.51. The van der Waals surface area contributed by atoms with Crippen molar-refractivity contribution in [3.05, 3.63) is 63.7 Å². The lowest BCUT2D eigenvalue weighted by atomic mass is 10.1. The molecular formula is C18H12BrClFN3O2. The first kappa shape index (κ1) is 17.2. The van der Waals surface area contributed by atoms with Gasteiger partial charge in [-0.1, -0.05) is 44.8 Å². The highest BCUT2D eigenvalue weighted by atomic mass is 79.9. The topological polar surface area (TPSA) is 59.2 Å². The third-order valence-electron chi connectivity index (χ3n) is 4.20. The van der Waals surface area contributed by atoms with Crippen molar-refractivity contribution < 1.29 is 13.7 Å². The standard InChI is InChI=1S/C18H12BrClFN3O2/c19-12-3-1-2-10(6-12)17-22-18(26-23-17)11-7-16(25)24(9-11)15-8-13(20)4-5-14(15)21/h1-6,8,11H,7,9H2. The maximum absolute atomic E-state index is 14.1. The lowest BCUT2D eigenvalue weighted by molar-refractivity contribution is -0.117. The van der Waals surface area contributed by atoms with Gasteiger partial charge in [-0.15, -0.1) is 0 Å². The fraction of sp³-hybridized carbons (Fsp3) is 0.167. The van der Waals surface area contributed by atoms with Crippen molar-refractivity contribution in [2.45, 2.75) is 12.3 Å². The summed E-state index contributed by atoms with van der Waals surface area (Å²) in [5.41, 5.74) is 0.966. The van der Waals surface area contributed by atoms with Crippen molar-refractivity contribution in [3.8, 4) is 11.4 Å². The number of benzene rings is 2. The predicted molar refractivity (Wildman–Crippen MR) is 98.6 cm³/mol. The van der Waals surface area contributed by atoms with Gasteiger partial charge in [-0.05, 0) is 30.3 Å². The van der Waals surface area contributed by atoms with Crippen molar-refractivity contribution in [2.75, 3.05) is 11.4 Å². The summed E-state index contributed by atoms with van der Waals surface area (Å²) in [7, 11) is 0. The van der Waals surface area contributed by atoms with Gasteiger partial charge in [0.05, 0.1) is 11.6 Å². The summed E-state index contributed by atoms with van der Waals surface area (Å²) in [6, 6.07) is 11.7. The number of nitrogens with zero attached hydrogens (tertiary/aromatic N) is 3. The summed E-state index contributed by atoms with van der Waals surface area (Å²) in [5.74, 6) is -0.198. The molecule has 3 aromatic rings. The molecule has 1 aromatic heterocycles. The first-order chi connectivity index (χ1) is 12.5. The monoisotopic (exact) mass is 435 g/mol. The zero-order chi connectivity index (χ0) is 18.3. The second-order valence-electron chi connectivity index (χ2n) is 5.97. The SMILES string of the molecule is O=C1CC(c2nc(-c3cccc(Br)c3)no2)CN1c1cc(Cl)ccc1F. The number of carbonyl (C=O) groups is 1. The molecule has 1 aliphatic heterocycles. The minimum Gasteiger partial charge on any atom is -0.339 e. The number of carbonyl (C=O) groups excluding carboxylic acids is 1. The molecule has 1 aliphatic rings. The molecule has 2 aromatic carbocycles. The largest absolute Gasteiger partial charge is 0.339 e. The molecule has 5 nitrogen and oxygen atoms in total. The molecular weight excluding hydrogens is 425 g/mol. The zero-order valence-electron chi connectivity index (χ0n) is 13.3. The molecule has 26 heavy (non-hydrogen) atoms. The molecule has 0 aliphatic carbocycles. The van der Waals surface area contributed by atoms with Crippen LogP contribution in [0.15, 0.2) is 51.5 Å². The molecule has 8 heteroatoms. The van der Waals surface area contributed by atoms with Crippen LogP contribution in [0.4, 0.5) is 10.1 Å². The molecule has 0 N–H and O–H groups in total. The van der Waals surface area contributed by atoms with Crippen molar-refractivity contribution in [1.82, 2.24) is 10.1 Å². The zero-order valence-corrected chi connectivity index (χ0v) is 15.7. The molecule has 2 heterocycles. The summed E-state index contributed by atoms with van der Waals surface area (Å²) >= 11 is 9.33. The van der Waals surface area contributed by atoms with Gasteiger partial charge in [0, 0.05) is 28.0 Å². The Labute approximate surface area is 161 Å². The fourth-order valence-electron chi connectivity index (χ4n) is 2.94. The first-order valence-corrected chi connectivity index (χ1v) is 9.03. The van der Waals surface area contributed by atoms with Crippen molar-refractivity contribution >= 4 is 39.1 Å². The van der Waals surface area contributed by atoms with E-state index < -0.39 is 5.82 Å². The second kappa shape index (κ2) is 6.81. The van der Waals surface area contributed by atoms with E-state index in [9.17, 15) is 9.18 Å². The normalized spacial score (nSPS) is 17.1. The number of amides is 1. The van der Waals surface area contributed by atoms with E-state index >= 15 is 0 Å². The van der Waals surface area contributed by atoms with Gasteiger partial charge in [-0.2, -0.15) is 4.98 Å². The number of hydrogen-bond donors (Lipinski definition) is 0. The van der Waals surface area contributed by atoms with Crippen LogP contribution in [0, 0.1) is 5.82 Å². The average molecular weight is 437 g/mol. The third-order valence-corrected chi connectivity index (χ3v) is 4.93. The lowest BCUT2D eigenvalue weighted by Crippen LogP contribution is -2.25. The maximum atomic E-state index is 14.1. The molecule has 1 fully saturated rings. The van der Waals surface area contributed by atoms with Crippen molar-refractivity contribution in [3.63, 3.8) is 0 Å². The third kappa shape index (κ3) is 3.24. The Bertz CT molecular complexity index is 994. The smallest absolute Gasteiger partial charge is 0.232 e. The van der Waals surface area contributed by atoms with Crippen LogP contribution in [-0.2, 0) is 4.79 Å².